The molecule has 0 aliphatic rings. The summed E-state index contributed by atoms with van der Waals surface area (Å²) in [5, 5.41) is 31.1. The first-order valence-corrected chi connectivity index (χ1v) is 8.36. The number of carboxylic acids is 1. The monoisotopic (exact) mass is 402 g/mol. The third-order valence-corrected chi connectivity index (χ3v) is 4.15. The number of carboxylic acid groups (broad SMARTS) is 1. The van der Waals surface area contributed by atoms with Crippen LogP contribution in [-0.2, 0) is 6.54 Å². The summed E-state index contributed by atoms with van der Waals surface area (Å²) in [4.78, 5) is 15.1. The Balaban J connectivity index is 1.63. The van der Waals surface area contributed by atoms with Gasteiger partial charge in [-0.2, -0.15) is 10.2 Å². The molecule has 0 spiro atoms. The second kappa shape index (κ2) is 7.95. The fraction of sp³-hybridized carbons (Fsp3) is 0.0588. The Morgan fingerprint density at radius 2 is 1.89 bits per heavy atom. The van der Waals surface area contributed by atoms with Crippen molar-refractivity contribution < 1.29 is 9.90 Å². The lowest BCUT2D eigenvalue weighted by molar-refractivity contribution is 0.0697. The van der Waals surface area contributed by atoms with E-state index in [1.54, 1.807) is 24.3 Å². The normalized spacial score (nSPS) is 10.3. The first kappa shape index (κ1) is 18.5. The van der Waals surface area contributed by atoms with Crippen molar-refractivity contribution in [3.8, 4) is 6.07 Å². The van der Waals surface area contributed by atoms with Crippen molar-refractivity contribution in [1.82, 2.24) is 15.2 Å². The van der Waals surface area contributed by atoms with E-state index in [1.165, 1.54) is 12.1 Å². The SMILES string of the molecule is N#Cc1c(Cl)cc(Nc2n[nH]c(NCc3ccc(C(=O)O)cc3)n2)cc1Cl. The molecule has 1 aromatic heterocycles. The van der Waals surface area contributed by atoms with Crippen LogP contribution in [0.4, 0.5) is 17.6 Å². The summed E-state index contributed by atoms with van der Waals surface area (Å²) in [5.74, 6) is -0.260. The maximum Gasteiger partial charge on any atom is 0.335 e. The summed E-state index contributed by atoms with van der Waals surface area (Å²) < 4.78 is 0. The van der Waals surface area contributed by atoms with Crippen LogP contribution in [0.3, 0.4) is 0 Å². The molecule has 0 aliphatic heterocycles. The van der Waals surface area contributed by atoms with Gasteiger partial charge in [-0.15, -0.1) is 5.10 Å². The lowest BCUT2D eigenvalue weighted by Crippen LogP contribution is -2.02. The van der Waals surface area contributed by atoms with Gasteiger partial charge in [-0.05, 0) is 29.8 Å². The van der Waals surface area contributed by atoms with Crippen LogP contribution in [0.2, 0.25) is 10.0 Å². The average molecular weight is 403 g/mol. The van der Waals surface area contributed by atoms with Gasteiger partial charge in [0.2, 0.25) is 11.9 Å². The van der Waals surface area contributed by atoms with Gasteiger partial charge in [0, 0.05) is 12.2 Å². The number of rotatable bonds is 6. The predicted octanol–water partition coefficient (Wildman–Crippen LogP) is 4.04. The van der Waals surface area contributed by atoms with Crippen LogP contribution in [0.25, 0.3) is 0 Å². The van der Waals surface area contributed by atoms with Gasteiger partial charge in [-0.1, -0.05) is 35.3 Å². The number of halogens is 2. The zero-order valence-electron chi connectivity index (χ0n) is 13.6. The number of nitrogens with zero attached hydrogens (tertiary/aromatic N) is 3. The van der Waals surface area contributed by atoms with Gasteiger partial charge in [0.15, 0.2) is 0 Å². The van der Waals surface area contributed by atoms with Crippen LogP contribution >= 0.6 is 23.2 Å². The Labute approximate surface area is 163 Å². The topological polar surface area (TPSA) is 127 Å². The zero-order valence-corrected chi connectivity index (χ0v) is 15.1. The molecule has 27 heavy (non-hydrogen) atoms. The van der Waals surface area contributed by atoms with Crippen molar-refractivity contribution in [2.45, 2.75) is 6.54 Å². The summed E-state index contributed by atoms with van der Waals surface area (Å²) in [6, 6.07) is 11.5. The molecule has 0 unspecified atom stereocenters. The molecule has 4 N–H and O–H groups in total. The summed E-state index contributed by atoms with van der Waals surface area (Å²) in [6.45, 7) is 0.434. The highest BCUT2D eigenvalue weighted by Crippen LogP contribution is 2.29. The van der Waals surface area contributed by atoms with E-state index in [4.69, 9.17) is 33.6 Å². The number of hydrogen-bond donors (Lipinski definition) is 4. The molecule has 3 aromatic rings. The minimum absolute atomic E-state index is 0.204. The number of aromatic nitrogens is 3. The maximum atomic E-state index is 10.8. The molecule has 0 aliphatic carbocycles. The molecule has 0 saturated heterocycles. The fourth-order valence-electron chi connectivity index (χ4n) is 2.23. The van der Waals surface area contributed by atoms with E-state index in [2.05, 4.69) is 25.8 Å². The van der Waals surface area contributed by atoms with Gasteiger partial charge in [0.05, 0.1) is 21.2 Å². The Kier molecular flexibility index (Phi) is 5.45. The van der Waals surface area contributed by atoms with Crippen LogP contribution in [0.5, 0.6) is 0 Å². The van der Waals surface area contributed by atoms with E-state index in [9.17, 15) is 4.79 Å². The van der Waals surface area contributed by atoms with E-state index >= 15 is 0 Å². The highest BCUT2D eigenvalue weighted by atomic mass is 35.5. The number of hydrogen-bond acceptors (Lipinski definition) is 6. The second-order valence-electron chi connectivity index (χ2n) is 5.41. The molecule has 10 heteroatoms. The maximum absolute atomic E-state index is 10.8. The van der Waals surface area contributed by atoms with E-state index in [1.807, 2.05) is 6.07 Å². The van der Waals surface area contributed by atoms with Crippen molar-refractivity contribution in [1.29, 1.82) is 5.26 Å². The number of H-pyrrole nitrogens is 1. The third-order valence-electron chi connectivity index (χ3n) is 3.56. The predicted molar refractivity (Wildman–Crippen MR) is 102 cm³/mol. The van der Waals surface area contributed by atoms with Crippen LogP contribution in [0.15, 0.2) is 36.4 Å². The largest absolute Gasteiger partial charge is 0.478 e. The average Bonchev–Trinajstić information content (AvgIpc) is 3.07. The lowest BCUT2D eigenvalue weighted by Gasteiger charge is -2.05. The summed E-state index contributed by atoms with van der Waals surface area (Å²) in [5.41, 5.74) is 1.86. The number of aromatic amines is 1. The molecule has 0 saturated carbocycles. The molecule has 3 rings (SSSR count). The molecule has 0 fully saturated rings. The number of benzene rings is 2. The van der Waals surface area contributed by atoms with Gasteiger partial charge in [-0.25, -0.2) is 9.89 Å². The van der Waals surface area contributed by atoms with Crippen molar-refractivity contribution in [3.63, 3.8) is 0 Å². The van der Waals surface area contributed by atoms with Gasteiger partial charge >= 0.3 is 5.97 Å². The molecule has 0 atom stereocenters. The van der Waals surface area contributed by atoms with Gasteiger partial charge in [-0.3, -0.25) is 0 Å². The van der Waals surface area contributed by atoms with Crippen LogP contribution in [-0.4, -0.2) is 26.3 Å². The molecule has 1 heterocycles. The highest BCUT2D eigenvalue weighted by Gasteiger charge is 2.10. The quantitative estimate of drug-likeness (QED) is 0.489. The van der Waals surface area contributed by atoms with Crippen molar-refractivity contribution >= 4 is 46.8 Å². The zero-order chi connectivity index (χ0) is 19.4. The van der Waals surface area contributed by atoms with E-state index in [-0.39, 0.29) is 27.1 Å². The molecule has 136 valence electrons. The third kappa shape index (κ3) is 4.47. The van der Waals surface area contributed by atoms with Gasteiger partial charge in [0.1, 0.15) is 6.07 Å². The summed E-state index contributed by atoms with van der Waals surface area (Å²) >= 11 is 12.0. The fourth-order valence-corrected chi connectivity index (χ4v) is 2.80. The summed E-state index contributed by atoms with van der Waals surface area (Å²) in [6.07, 6.45) is 0. The number of nitriles is 1. The molecular weight excluding hydrogens is 391 g/mol. The van der Waals surface area contributed by atoms with Crippen LogP contribution < -0.4 is 10.6 Å². The standard InChI is InChI=1S/C17H12Cl2N6O2/c18-13-5-11(6-14(19)12(13)7-20)22-17-23-16(24-25-17)21-8-9-1-3-10(4-2-9)15(26)27/h1-6H,8H2,(H,26,27)(H3,21,22,23,24,25). The van der Waals surface area contributed by atoms with Crippen LogP contribution in [0, 0.1) is 11.3 Å². The van der Waals surface area contributed by atoms with Crippen molar-refractivity contribution in [3.05, 3.63) is 63.1 Å². The highest BCUT2D eigenvalue weighted by molar-refractivity contribution is 6.37. The Bertz CT molecular complexity index is 1000. The molecule has 8 nitrogen and oxygen atoms in total. The van der Waals surface area contributed by atoms with E-state index in [0.29, 0.717) is 18.2 Å². The van der Waals surface area contributed by atoms with Gasteiger partial charge in [0.25, 0.3) is 0 Å². The Morgan fingerprint density at radius 1 is 1.22 bits per heavy atom. The molecular formula is C17H12Cl2N6O2. The van der Waals surface area contributed by atoms with Crippen molar-refractivity contribution in [2.24, 2.45) is 0 Å². The number of anilines is 3. The number of carbonyl (C=O) groups is 1. The minimum atomic E-state index is -0.969. The molecule has 2 aromatic carbocycles. The molecule has 0 amide bonds. The first-order valence-electron chi connectivity index (χ1n) is 7.61. The molecule has 0 bridgehead atoms. The van der Waals surface area contributed by atoms with E-state index in [0.717, 1.165) is 5.56 Å². The van der Waals surface area contributed by atoms with E-state index < -0.39 is 5.97 Å². The van der Waals surface area contributed by atoms with Gasteiger partial charge < -0.3 is 15.7 Å². The smallest absolute Gasteiger partial charge is 0.335 e. The van der Waals surface area contributed by atoms with Crippen molar-refractivity contribution in [2.75, 3.05) is 10.6 Å². The first-order chi connectivity index (χ1) is 13.0. The second-order valence-corrected chi connectivity index (χ2v) is 6.23. The van der Waals surface area contributed by atoms with Crippen LogP contribution in [0.1, 0.15) is 21.5 Å². The summed E-state index contributed by atoms with van der Waals surface area (Å²) in [7, 11) is 0. The number of nitrogens with one attached hydrogen (secondary N) is 3. The molecule has 0 radical (unpaired) electrons. The Morgan fingerprint density at radius 3 is 2.48 bits per heavy atom. The Hall–Kier alpha value is -3.28. The lowest BCUT2D eigenvalue weighted by atomic mass is 10.1. The number of aromatic carboxylic acids is 1. The minimum Gasteiger partial charge on any atom is -0.478 e.